The Balaban J connectivity index is 0.00000150. The maximum Gasteiger partial charge on any atom is 0.243 e. The molecule has 0 bridgehead atoms. The number of sulfonamides is 1. The number of piperazine rings is 1. The van der Waals surface area contributed by atoms with Gasteiger partial charge in [-0.1, -0.05) is 26.0 Å². The zero-order chi connectivity index (χ0) is 19.0. The van der Waals surface area contributed by atoms with Crippen LogP contribution in [0, 0.1) is 5.92 Å². The van der Waals surface area contributed by atoms with Crippen molar-refractivity contribution in [2.24, 2.45) is 5.92 Å². The zero-order valence-corrected chi connectivity index (χ0v) is 19.1. The molecule has 3 heterocycles. The molecule has 160 valence electrons. The van der Waals surface area contributed by atoms with Crippen LogP contribution < -0.4 is 10.2 Å². The van der Waals surface area contributed by atoms with Crippen molar-refractivity contribution in [1.29, 1.82) is 0 Å². The van der Waals surface area contributed by atoms with Gasteiger partial charge in [-0.2, -0.15) is 4.31 Å². The molecule has 0 saturated carbocycles. The van der Waals surface area contributed by atoms with Crippen LogP contribution >= 0.6 is 24.8 Å². The van der Waals surface area contributed by atoms with Crippen LogP contribution in [0.1, 0.15) is 13.8 Å². The van der Waals surface area contributed by atoms with Crippen LogP contribution in [0.4, 0.5) is 5.82 Å². The average molecular weight is 459 g/mol. The van der Waals surface area contributed by atoms with Crippen LogP contribution in [0.25, 0.3) is 11.1 Å². The van der Waals surface area contributed by atoms with E-state index in [1.165, 1.54) is 4.31 Å². The third kappa shape index (κ3) is 5.03. The van der Waals surface area contributed by atoms with Crippen LogP contribution in [0.15, 0.2) is 47.5 Å². The van der Waals surface area contributed by atoms with E-state index in [-0.39, 0.29) is 24.8 Å². The molecule has 2 aliphatic heterocycles. The molecule has 2 aliphatic rings. The van der Waals surface area contributed by atoms with Gasteiger partial charge in [0.05, 0.1) is 4.90 Å². The fourth-order valence-electron chi connectivity index (χ4n) is 3.58. The Labute approximate surface area is 185 Å². The Morgan fingerprint density at radius 3 is 2.21 bits per heavy atom. The van der Waals surface area contributed by atoms with Crippen LogP contribution in [0.2, 0.25) is 0 Å². The average Bonchev–Trinajstić information content (AvgIpc) is 3.54. The number of nitrogens with zero attached hydrogens (tertiary/aromatic N) is 3. The Kier molecular flexibility index (Phi) is 7.93. The third-order valence-corrected chi connectivity index (χ3v) is 7.24. The third-order valence-electron chi connectivity index (χ3n) is 5.33. The molecule has 4 rings (SSSR count). The molecule has 2 fully saturated rings. The summed E-state index contributed by atoms with van der Waals surface area (Å²) in [5.74, 6) is 1.55. The van der Waals surface area contributed by atoms with Gasteiger partial charge < -0.3 is 10.2 Å². The van der Waals surface area contributed by atoms with Crippen molar-refractivity contribution in [2.45, 2.75) is 24.8 Å². The molecule has 0 aliphatic carbocycles. The quantitative estimate of drug-likeness (QED) is 0.697. The highest BCUT2D eigenvalue weighted by Gasteiger charge is 2.33. The normalized spacial score (nSPS) is 19.4. The largest absolute Gasteiger partial charge is 0.351 e. The Morgan fingerprint density at radius 2 is 1.66 bits per heavy atom. The maximum atomic E-state index is 12.3. The second-order valence-corrected chi connectivity index (χ2v) is 9.48. The molecule has 9 heteroatoms. The summed E-state index contributed by atoms with van der Waals surface area (Å²) in [5, 5.41) is 3.46. The highest BCUT2D eigenvalue weighted by molar-refractivity contribution is 7.89. The summed E-state index contributed by atoms with van der Waals surface area (Å²) in [5.41, 5.74) is 1.96. The van der Waals surface area contributed by atoms with Crippen LogP contribution in [-0.4, -0.2) is 56.5 Å². The first kappa shape index (κ1) is 23.9. The smallest absolute Gasteiger partial charge is 0.243 e. The molecular formula is C20H28Cl2N4O2S. The summed E-state index contributed by atoms with van der Waals surface area (Å²) < 4.78 is 26.0. The molecule has 1 atom stereocenters. The number of hydrogen-bond acceptors (Lipinski definition) is 5. The lowest BCUT2D eigenvalue weighted by atomic mass is 10.0. The lowest BCUT2D eigenvalue weighted by Gasteiger charge is -2.39. The molecule has 1 aromatic carbocycles. The molecule has 0 radical (unpaired) electrons. The number of anilines is 1. The Morgan fingerprint density at radius 1 is 1.00 bits per heavy atom. The monoisotopic (exact) mass is 458 g/mol. The summed E-state index contributed by atoms with van der Waals surface area (Å²) >= 11 is 0. The number of hydrogen-bond donors (Lipinski definition) is 1. The summed E-state index contributed by atoms with van der Waals surface area (Å²) in [6, 6.07) is 11.7. The summed E-state index contributed by atoms with van der Waals surface area (Å²) in [6.07, 6.45) is 1.88. The van der Waals surface area contributed by atoms with Crippen molar-refractivity contribution >= 4 is 40.7 Å². The number of rotatable bonds is 5. The van der Waals surface area contributed by atoms with Gasteiger partial charge in [0.25, 0.3) is 0 Å². The number of halogens is 2. The van der Waals surface area contributed by atoms with Gasteiger partial charge in [0, 0.05) is 50.5 Å². The molecule has 29 heavy (non-hydrogen) atoms. The minimum absolute atomic E-state index is 0. The molecule has 2 aromatic rings. The van der Waals surface area contributed by atoms with Gasteiger partial charge in [-0.15, -0.1) is 24.8 Å². The predicted molar refractivity (Wildman–Crippen MR) is 122 cm³/mol. The fourth-order valence-corrected chi connectivity index (χ4v) is 4.92. The van der Waals surface area contributed by atoms with E-state index in [1.54, 1.807) is 12.1 Å². The molecule has 0 spiro atoms. The first-order valence-corrected chi connectivity index (χ1v) is 10.9. The van der Waals surface area contributed by atoms with Gasteiger partial charge in [0.2, 0.25) is 10.0 Å². The fraction of sp³-hybridized carbons (Fsp3) is 0.450. The van der Waals surface area contributed by atoms with E-state index < -0.39 is 10.0 Å². The molecule has 2 saturated heterocycles. The maximum absolute atomic E-state index is 12.3. The first-order chi connectivity index (χ1) is 13.0. The number of nitrogens with one attached hydrogen (secondary N) is 1. The van der Waals surface area contributed by atoms with Crippen molar-refractivity contribution < 1.29 is 8.42 Å². The lowest BCUT2D eigenvalue weighted by molar-refractivity contribution is 0.388. The van der Waals surface area contributed by atoms with Gasteiger partial charge in [-0.05, 0) is 35.7 Å². The number of pyridine rings is 1. The van der Waals surface area contributed by atoms with Crippen molar-refractivity contribution in [3.05, 3.63) is 42.6 Å². The predicted octanol–water partition coefficient (Wildman–Crippen LogP) is 3.03. The van der Waals surface area contributed by atoms with E-state index in [0.717, 1.165) is 36.6 Å². The van der Waals surface area contributed by atoms with E-state index in [4.69, 9.17) is 4.98 Å². The van der Waals surface area contributed by atoms with Crippen LogP contribution in [0.5, 0.6) is 0 Å². The standard InChI is InChI=1S/C20H26N4O2S.2ClH/c1-15(2)19-14-21-9-10-24(19)20-8-5-17(13-22-20)16-3-6-18(7-4-16)27(25,26)23-11-12-23;;/h3-8,13,15,19,21H,9-12,14H2,1-2H3;2*1H. The number of benzene rings is 1. The molecule has 6 nitrogen and oxygen atoms in total. The van der Waals surface area contributed by atoms with E-state index in [1.807, 2.05) is 18.3 Å². The lowest BCUT2D eigenvalue weighted by Crippen LogP contribution is -2.54. The van der Waals surface area contributed by atoms with Gasteiger partial charge >= 0.3 is 0 Å². The van der Waals surface area contributed by atoms with Gasteiger partial charge in [0.15, 0.2) is 0 Å². The Hall–Kier alpha value is -1.38. The van der Waals surface area contributed by atoms with E-state index in [9.17, 15) is 8.42 Å². The van der Waals surface area contributed by atoms with Crippen LogP contribution in [-0.2, 0) is 10.0 Å². The van der Waals surface area contributed by atoms with E-state index >= 15 is 0 Å². The summed E-state index contributed by atoms with van der Waals surface area (Å²) in [4.78, 5) is 7.43. The second kappa shape index (κ2) is 9.62. The summed E-state index contributed by atoms with van der Waals surface area (Å²) in [6.45, 7) is 8.64. The second-order valence-electron chi connectivity index (χ2n) is 7.54. The minimum Gasteiger partial charge on any atom is -0.351 e. The SMILES string of the molecule is CC(C)C1CNCCN1c1ccc(-c2ccc(S(=O)(=O)N3CC3)cc2)cn1.Cl.Cl. The molecule has 1 aromatic heterocycles. The van der Waals surface area contributed by atoms with Gasteiger partial charge in [0.1, 0.15) is 5.82 Å². The highest BCUT2D eigenvalue weighted by atomic mass is 35.5. The van der Waals surface area contributed by atoms with Crippen molar-refractivity contribution in [1.82, 2.24) is 14.6 Å². The number of aromatic nitrogens is 1. The molecular weight excluding hydrogens is 431 g/mol. The molecule has 1 N–H and O–H groups in total. The van der Waals surface area contributed by atoms with Crippen LogP contribution in [0.3, 0.4) is 0 Å². The van der Waals surface area contributed by atoms with Crippen molar-refractivity contribution in [3.8, 4) is 11.1 Å². The Bertz CT molecular complexity index is 901. The zero-order valence-electron chi connectivity index (χ0n) is 16.6. The van der Waals surface area contributed by atoms with Crippen molar-refractivity contribution in [3.63, 3.8) is 0 Å². The topological polar surface area (TPSA) is 65.3 Å². The molecule has 0 amide bonds. The van der Waals surface area contributed by atoms with E-state index in [0.29, 0.717) is 29.9 Å². The highest BCUT2D eigenvalue weighted by Crippen LogP contribution is 2.27. The van der Waals surface area contributed by atoms with E-state index in [2.05, 4.69) is 36.2 Å². The first-order valence-electron chi connectivity index (χ1n) is 9.51. The minimum atomic E-state index is -3.30. The summed E-state index contributed by atoms with van der Waals surface area (Å²) in [7, 11) is -3.30. The molecule has 1 unspecified atom stereocenters. The van der Waals surface area contributed by atoms with Crippen molar-refractivity contribution in [2.75, 3.05) is 37.6 Å². The van der Waals surface area contributed by atoms with Gasteiger partial charge in [-0.25, -0.2) is 13.4 Å². The van der Waals surface area contributed by atoms with Gasteiger partial charge in [-0.3, -0.25) is 0 Å².